The molecule has 1 aliphatic rings. The lowest BCUT2D eigenvalue weighted by molar-refractivity contribution is 0.297. The standard InChI is InChI=1S/C16H18N2O2/c1-12(14-5-2-3-8-17-14)18-13-6-7-15-16(11-13)20-10-4-9-19-15/h2-3,5-8,11-12,18H,4,9-10H2,1H3. The highest BCUT2D eigenvalue weighted by Crippen LogP contribution is 2.33. The molecule has 3 rings (SSSR count). The van der Waals surface area contributed by atoms with Crippen LogP contribution in [0.15, 0.2) is 42.6 Å². The zero-order valence-corrected chi connectivity index (χ0v) is 11.5. The monoisotopic (exact) mass is 270 g/mol. The van der Waals surface area contributed by atoms with E-state index in [1.165, 1.54) is 0 Å². The van der Waals surface area contributed by atoms with Gasteiger partial charge in [-0.2, -0.15) is 0 Å². The summed E-state index contributed by atoms with van der Waals surface area (Å²) in [6.07, 6.45) is 2.73. The van der Waals surface area contributed by atoms with Crippen molar-refractivity contribution in [2.45, 2.75) is 19.4 Å². The Hall–Kier alpha value is -2.23. The Morgan fingerprint density at radius 1 is 1.10 bits per heavy atom. The lowest BCUT2D eigenvalue weighted by atomic mass is 10.2. The van der Waals surface area contributed by atoms with Crippen LogP contribution in [-0.2, 0) is 0 Å². The number of ether oxygens (including phenoxy) is 2. The molecule has 104 valence electrons. The van der Waals surface area contributed by atoms with Crippen LogP contribution in [0.4, 0.5) is 5.69 Å². The number of aromatic nitrogens is 1. The van der Waals surface area contributed by atoms with E-state index < -0.39 is 0 Å². The van der Waals surface area contributed by atoms with Crippen molar-refractivity contribution in [2.75, 3.05) is 18.5 Å². The van der Waals surface area contributed by atoms with Crippen molar-refractivity contribution in [1.82, 2.24) is 4.98 Å². The van der Waals surface area contributed by atoms with Gasteiger partial charge in [-0.05, 0) is 31.2 Å². The van der Waals surface area contributed by atoms with Crippen LogP contribution in [0.2, 0.25) is 0 Å². The number of anilines is 1. The molecule has 1 N–H and O–H groups in total. The number of nitrogens with one attached hydrogen (secondary N) is 1. The van der Waals surface area contributed by atoms with Crippen molar-refractivity contribution < 1.29 is 9.47 Å². The van der Waals surface area contributed by atoms with E-state index in [4.69, 9.17) is 9.47 Å². The van der Waals surface area contributed by atoms with Crippen molar-refractivity contribution in [1.29, 1.82) is 0 Å². The van der Waals surface area contributed by atoms with Gasteiger partial charge in [0.1, 0.15) is 0 Å². The fraction of sp³-hybridized carbons (Fsp3) is 0.312. The van der Waals surface area contributed by atoms with Gasteiger partial charge < -0.3 is 14.8 Å². The van der Waals surface area contributed by atoms with Crippen LogP contribution in [0.1, 0.15) is 25.1 Å². The SMILES string of the molecule is CC(Nc1ccc2c(c1)OCCCO2)c1ccccn1. The Morgan fingerprint density at radius 2 is 1.95 bits per heavy atom. The fourth-order valence-electron chi connectivity index (χ4n) is 2.21. The molecule has 20 heavy (non-hydrogen) atoms. The van der Waals surface area contributed by atoms with Gasteiger partial charge in [-0.3, -0.25) is 4.98 Å². The van der Waals surface area contributed by atoms with Gasteiger partial charge in [0.25, 0.3) is 0 Å². The van der Waals surface area contributed by atoms with Crippen molar-refractivity contribution in [2.24, 2.45) is 0 Å². The summed E-state index contributed by atoms with van der Waals surface area (Å²) in [5.41, 5.74) is 2.02. The summed E-state index contributed by atoms with van der Waals surface area (Å²) < 4.78 is 11.3. The zero-order chi connectivity index (χ0) is 13.8. The summed E-state index contributed by atoms with van der Waals surface area (Å²) in [5, 5.41) is 3.43. The van der Waals surface area contributed by atoms with Gasteiger partial charge in [0.2, 0.25) is 0 Å². The maximum absolute atomic E-state index is 5.70. The van der Waals surface area contributed by atoms with Crippen LogP contribution in [-0.4, -0.2) is 18.2 Å². The minimum Gasteiger partial charge on any atom is -0.490 e. The third-order valence-electron chi connectivity index (χ3n) is 3.26. The molecule has 0 saturated heterocycles. The second kappa shape index (κ2) is 5.82. The van der Waals surface area contributed by atoms with Gasteiger partial charge >= 0.3 is 0 Å². The van der Waals surface area contributed by atoms with Gasteiger partial charge in [0.05, 0.1) is 24.9 Å². The summed E-state index contributed by atoms with van der Waals surface area (Å²) in [6.45, 7) is 3.50. The number of hydrogen-bond donors (Lipinski definition) is 1. The first-order chi connectivity index (χ1) is 9.83. The first-order valence-electron chi connectivity index (χ1n) is 6.90. The predicted octanol–water partition coefficient (Wildman–Crippen LogP) is 3.42. The van der Waals surface area contributed by atoms with Crippen molar-refractivity contribution in [3.05, 3.63) is 48.3 Å². The van der Waals surface area contributed by atoms with Gasteiger partial charge in [0.15, 0.2) is 11.5 Å². The van der Waals surface area contributed by atoms with E-state index in [2.05, 4.69) is 17.2 Å². The van der Waals surface area contributed by atoms with Gasteiger partial charge in [-0.1, -0.05) is 6.07 Å². The quantitative estimate of drug-likeness (QED) is 0.928. The summed E-state index contributed by atoms with van der Waals surface area (Å²) in [7, 11) is 0. The van der Waals surface area contributed by atoms with Crippen LogP contribution in [0.3, 0.4) is 0 Å². The van der Waals surface area contributed by atoms with E-state index in [0.29, 0.717) is 13.2 Å². The molecule has 1 unspecified atom stereocenters. The van der Waals surface area contributed by atoms with Crippen LogP contribution in [0.5, 0.6) is 11.5 Å². The Morgan fingerprint density at radius 3 is 2.75 bits per heavy atom. The first kappa shape index (κ1) is 12.8. The number of nitrogens with zero attached hydrogens (tertiary/aromatic N) is 1. The summed E-state index contributed by atoms with van der Waals surface area (Å²) >= 11 is 0. The molecule has 2 aromatic rings. The maximum atomic E-state index is 5.70. The summed E-state index contributed by atoms with van der Waals surface area (Å²) in [4.78, 5) is 4.36. The molecule has 4 nitrogen and oxygen atoms in total. The third-order valence-corrected chi connectivity index (χ3v) is 3.26. The Bertz CT molecular complexity index is 572. The van der Waals surface area contributed by atoms with Crippen LogP contribution < -0.4 is 14.8 Å². The van der Waals surface area contributed by atoms with Crippen molar-refractivity contribution in [3.63, 3.8) is 0 Å². The zero-order valence-electron chi connectivity index (χ0n) is 11.5. The minimum absolute atomic E-state index is 0.140. The van der Waals surface area contributed by atoms with Crippen LogP contribution >= 0.6 is 0 Å². The molecule has 0 bridgehead atoms. The largest absolute Gasteiger partial charge is 0.490 e. The average molecular weight is 270 g/mol. The predicted molar refractivity (Wildman–Crippen MR) is 78.3 cm³/mol. The van der Waals surface area contributed by atoms with E-state index in [9.17, 15) is 0 Å². The van der Waals surface area contributed by atoms with Crippen molar-refractivity contribution in [3.8, 4) is 11.5 Å². The second-order valence-corrected chi connectivity index (χ2v) is 4.83. The maximum Gasteiger partial charge on any atom is 0.163 e. The highest BCUT2D eigenvalue weighted by Gasteiger charge is 2.12. The lowest BCUT2D eigenvalue weighted by Crippen LogP contribution is -2.08. The number of benzene rings is 1. The van der Waals surface area contributed by atoms with Crippen LogP contribution in [0.25, 0.3) is 0 Å². The number of pyridine rings is 1. The Kier molecular flexibility index (Phi) is 3.72. The summed E-state index contributed by atoms with van der Waals surface area (Å²) in [6, 6.07) is 12.0. The highest BCUT2D eigenvalue weighted by atomic mass is 16.5. The molecule has 0 saturated carbocycles. The molecular weight excluding hydrogens is 252 g/mol. The normalized spacial score (nSPS) is 15.2. The first-order valence-corrected chi connectivity index (χ1v) is 6.90. The molecular formula is C16H18N2O2. The number of rotatable bonds is 3. The van der Waals surface area contributed by atoms with E-state index in [1.54, 1.807) is 0 Å². The topological polar surface area (TPSA) is 43.4 Å². The van der Waals surface area contributed by atoms with Gasteiger partial charge in [-0.15, -0.1) is 0 Å². The fourth-order valence-corrected chi connectivity index (χ4v) is 2.21. The van der Waals surface area contributed by atoms with E-state index in [1.807, 2.05) is 42.6 Å². The molecule has 1 aromatic carbocycles. The van der Waals surface area contributed by atoms with Gasteiger partial charge in [0, 0.05) is 24.4 Å². The molecule has 1 aliphatic heterocycles. The number of hydrogen-bond acceptors (Lipinski definition) is 4. The summed E-state index contributed by atoms with van der Waals surface area (Å²) in [5.74, 6) is 1.62. The Balaban J connectivity index is 1.76. The van der Waals surface area contributed by atoms with Crippen molar-refractivity contribution >= 4 is 5.69 Å². The van der Waals surface area contributed by atoms with Crippen LogP contribution in [0, 0.1) is 0 Å². The number of fused-ring (bicyclic) bond motifs is 1. The highest BCUT2D eigenvalue weighted by molar-refractivity contribution is 5.55. The molecule has 1 aromatic heterocycles. The molecule has 0 aliphatic carbocycles. The molecule has 2 heterocycles. The molecule has 0 spiro atoms. The smallest absolute Gasteiger partial charge is 0.163 e. The molecule has 0 fully saturated rings. The Labute approximate surface area is 118 Å². The third kappa shape index (κ3) is 2.85. The molecule has 4 heteroatoms. The lowest BCUT2D eigenvalue weighted by Gasteiger charge is -2.16. The molecule has 0 amide bonds. The van der Waals surface area contributed by atoms with E-state index >= 15 is 0 Å². The van der Waals surface area contributed by atoms with E-state index in [-0.39, 0.29) is 6.04 Å². The molecule has 0 radical (unpaired) electrons. The van der Waals surface area contributed by atoms with E-state index in [0.717, 1.165) is 29.3 Å². The average Bonchev–Trinajstić information content (AvgIpc) is 2.73. The minimum atomic E-state index is 0.140. The van der Waals surface area contributed by atoms with Gasteiger partial charge in [-0.25, -0.2) is 0 Å². The molecule has 1 atom stereocenters. The second-order valence-electron chi connectivity index (χ2n) is 4.83.